The fourth-order valence-corrected chi connectivity index (χ4v) is 2.96. The highest BCUT2D eigenvalue weighted by molar-refractivity contribution is 6.07. The van der Waals surface area contributed by atoms with E-state index < -0.39 is 11.6 Å². The van der Waals surface area contributed by atoms with Gasteiger partial charge >= 0.3 is 6.03 Å². The number of amides is 4. The maximum Gasteiger partial charge on any atom is 0.322 e. The Morgan fingerprint density at radius 3 is 2.65 bits per heavy atom. The molecular weight excluding hydrogens is 298 g/mol. The molecule has 7 nitrogen and oxygen atoms in total. The molecule has 2 heterocycles. The van der Waals surface area contributed by atoms with Crippen molar-refractivity contribution in [3.05, 3.63) is 29.8 Å². The van der Waals surface area contributed by atoms with E-state index in [9.17, 15) is 14.4 Å². The molecule has 0 unspecified atom stereocenters. The number of aryl methyl sites for hydroxylation is 1. The Morgan fingerprint density at radius 1 is 1.30 bits per heavy atom. The van der Waals surface area contributed by atoms with Crippen LogP contribution in [-0.4, -0.2) is 48.0 Å². The summed E-state index contributed by atoms with van der Waals surface area (Å²) in [4.78, 5) is 37.0. The topological polar surface area (TPSA) is 87.7 Å². The van der Waals surface area contributed by atoms with Crippen molar-refractivity contribution in [1.82, 2.24) is 15.5 Å². The first-order chi connectivity index (χ1) is 11.0. The zero-order valence-corrected chi connectivity index (χ0v) is 12.9. The molecule has 2 aliphatic rings. The number of nitrogens with zero attached hydrogens (tertiary/aromatic N) is 1. The summed E-state index contributed by atoms with van der Waals surface area (Å²) in [6.07, 6.45) is 0.835. The van der Waals surface area contributed by atoms with Crippen molar-refractivity contribution in [2.45, 2.75) is 25.3 Å². The van der Waals surface area contributed by atoms with Crippen LogP contribution in [0.2, 0.25) is 0 Å². The average Bonchev–Trinajstić information content (AvgIpc) is 2.79. The molecular formula is C16H19N3O4. The van der Waals surface area contributed by atoms with E-state index in [0.29, 0.717) is 31.7 Å². The van der Waals surface area contributed by atoms with Crippen molar-refractivity contribution in [3.8, 4) is 5.75 Å². The first-order valence-corrected chi connectivity index (χ1v) is 7.59. The highest BCUT2D eigenvalue weighted by atomic mass is 16.5. The lowest BCUT2D eigenvalue weighted by molar-refractivity contribution is -0.137. The number of ether oxygens (including phenoxy) is 1. The average molecular weight is 317 g/mol. The van der Waals surface area contributed by atoms with Gasteiger partial charge in [-0.1, -0.05) is 12.1 Å². The van der Waals surface area contributed by atoms with Gasteiger partial charge in [0.05, 0.1) is 0 Å². The smallest absolute Gasteiger partial charge is 0.322 e. The van der Waals surface area contributed by atoms with Gasteiger partial charge < -0.3 is 15.0 Å². The number of hydrogen-bond donors (Lipinski definition) is 2. The number of urea groups is 1. The number of rotatable bonds is 3. The van der Waals surface area contributed by atoms with Crippen LogP contribution >= 0.6 is 0 Å². The number of carbonyl (C=O) groups excluding carboxylic acids is 3. The number of likely N-dealkylation sites (tertiary alicyclic amines) is 1. The maximum atomic E-state index is 12.2. The Morgan fingerprint density at radius 2 is 2.04 bits per heavy atom. The van der Waals surface area contributed by atoms with Gasteiger partial charge in [-0.3, -0.25) is 14.9 Å². The molecule has 0 bridgehead atoms. The zero-order chi connectivity index (χ0) is 16.4. The quantitative estimate of drug-likeness (QED) is 0.798. The molecule has 1 spiro atoms. The molecule has 2 N–H and O–H groups in total. The van der Waals surface area contributed by atoms with Gasteiger partial charge in [0.1, 0.15) is 11.3 Å². The minimum atomic E-state index is -0.856. The molecule has 2 saturated heterocycles. The summed E-state index contributed by atoms with van der Waals surface area (Å²) in [6.45, 7) is 2.77. The van der Waals surface area contributed by atoms with Gasteiger partial charge in [-0.05, 0) is 37.5 Å². The molecule has 7 heteroatoms. The van der Waals surface area contributed by atoms with Crippen LogP contribution in [0.4, 0.5) is 4.79 Å². The van der Waals surface area contributed by atoms with E-state index in [2.05, 4.69) is 10.6 Å². The molecule has 1 aromatic carbocycles. The lowest BCUT2D eigenvalue weighted by atomic mass is 9.88. The third-order valence-corrected chi connectivity index (χ3v) is 4.34. The molecule has 122 valence electrons. The molecule has 23 heavy (non-hydrogen) atoms. The summed E-state index contributed by atoms with van der Waals surface area (Å²) in [6, 6.07) is 7.05. The summed E-state index contributed by atoms with van der Waals surface area (Å²) >= 11 is 0. The molecule has 0 saturated carbocycles. The van der Waals surface area contributed by atoms with Crippen LogP contribution < -0.4 is 15.4 Å². The van der Waals surface area contributed by atoms with Gasteiger partial charge in [0.15, 0.2) is 6.61 Å². The molecule has 0 aliphatic carbocycles. The van der Waals surface area contributed by atoms with E-state index in [1.807, 2.05) is 31.2 Å². The number of imide groups is 1. The van der Waals surface area contributed by atoms with Crippen molar-refractivity contribution in [2.75, 3.05) is 19.7 Å². The molecule has 2 aliphatic heterocycles. The maximum absolute atomic E-state index is 12.2. The van der Waals surface area contributed by atoms with Crippen LogP contribution in [0.15, 0.2) is 24.3 Å². The van der Waals surface area contributed by atoms with Crippen LogP contribution in [0.3, 0.4) is 0 Å². The van der Waals surface area contributed by atoms with E-state index in [1.165, 1.54) is 0 Å². The number of benzene rings is 1. The zero-order valence-electron chi connectivity index (χ0n) is 12.9. The minimum absolute atomic E-state index is 0.0327. The molecule has 2 fully saturated rings. The van der Waals surface area contributed by atoms with Gasteiger partial charge in [0.2, 0.25) is 0 Å². The van der Waals surface area contributed by atoms with Crippen molar-refractivity contribution in [1.29, 1.82) is 0 Å². The van der Waals surface area contributed by atoms with Gasteiger partial charge in [-0.25, -0.2) is 4.79 Å². The van der Waals surface area contributed by atoms with Crippen LogP contribution in [0.5, 0.6) is 5.75 Å². The lowest BCUT2D eigenvalue weighted by Crippen LogP contribution is -2.56. The monoisotopic (exact) mass is 317 g/mol. The van der Waals surface area contributed by atoms with Crippen LogP contribution in [0.1, 0.15) is 18.4 Å². The number of nitrogens with one attached hydrogen (secondary N) is 2. The summed E-state index contributed by atoms with van der Waals surface area (Å²) in [7, 11) is 0. The first kappa shape index (κ1) is 15.3. The second kappa shape index (κ2) is 5.91. The largest absolute Gasteiger partial charge is 0.484 e. The molecule has 0 radical (unpaired) electrons. The molecule has 0 aromatic heterocycles. The van der Waals surface area contributed by atoms with E-state index in [-0.39, 0.29) is 18.4 Å². The van der Waals surface area contributed by atoms with Gasteiger partial charge in [-0.2, -0.15) is 0 Å². The number of carbonyl (C=O) groups is 3. The molecule has 1 aromatic rings. The molecule has 0 atom stereocenters. The molecule has 4 amide bonds. The van der Waals surface area contributed by atoms with Gasteiger partial charge in [0.25, 0.3) is 11.8 Å². The third kappa shape index (κ3) is 3.13. The predicted octanol–water partition coefficient (Wildman–Crippen LogP) is 0.574. The highest BCUT2D eigenvalue weighted by Crippen LogP contribution is 2.25. The Bertz CT molecular complexity index is 650. The summed E-state index contributed by atoms with van der Waals surface area (Å²) < 4.78 is 5.52. The predicted molar refractivity (Wildman–Crippen MR) is 81.9 cm³/mol. The van der Waals surface area contributed by atoms with Crippen LogP contribution in [-0.2, 0) is 9.59 Å². The standard InChI is InChI=1S/C16H19N3O4/c1-11-3-2-4-12(9-11)23-10-13(20)19-7-5-16(6-8-19)14(21)17-15(22)18-16/h2-4,9H,5-8,10H2,1H3,(H2,17,18,21,22). The van der Waals surface area contributed by atoms with Crippen LogP contribution in [0, 0.1) is 6.92 Å². The Kier molecular flexibility index (Phi) is 3.94. The Balaban J connectivity index is 1.52. The van der Waals surface area contributed by atoms with Crippen molar-refractivity contribution >= 4 is 17.8 Å². The summed E-state index contributed by atoms with van der Waals surface area (Å²) in [5, 5.41) is 4.93. The van der Waals surface area contributed by atoms with Crippen molar-refractivity contribution in [3.63, 3.8) is 0 Å². The molecule has 3 rings (SSSR count). The number of hydrogen-bond acceptors (Lipinski definition) is 4. The van der Waals surface area contributed by atoms with Crippen molar-refractivity contribution in [2.24, 2.45) is 0 Å². The number of piperidine rings is 1. The van der Waals surface area contributed by atoms with Crippen molar-refractivity contribution < 1.29 is 19.1 Å². The van der Waals surface area contributed by atoms with E-state index >= 15 is 0 Å². The summed E-state index contributed by atoms with van der Waals surface area (Å²) in [5.41, 5.74) is 0.212. The second-order valence-electron chi connectivity index (χ2n) is 5.98. The minimum Gasteiger partial charge on any atom is -0.484 e. The highest BCUT2D eigenvalue weighted by Gasteiger charge is 2.48. The SMILES string of the molecule is Cc1cccc(OCC(=O)N2CCC3(CC2)NC(=O)NC3=O)c1. The van der Waals surface area contributed by atoms with E-state index in [4.69, 9.17) is 4.74 Å². The van der Waals surface area contributed by atoms with Crippen LogP contribution in [0.25, 0.3) is 0 Å². The lowest BCUT2D eigenvalue weighted by Gasteiger charge is -2.36. The normalized spacial score (nSPS) is 19.4. The summed E-state index contributed by atoms with van der Waals surface area (Å²) in [5.74, 6) is 0.242. The first-order valence-electron chi connectivity index (χ1n) is 7.59. The van der Waals surface area contributed by atoms with Gasteiger partial charge in [-0.15, -0.1) is 0 Å². The fourth-order valence-electron chi connectivity index (χ4n) is 2.96. The Hall–Kier alpha value is -2.57. The third-order valence-electron chi connectivity index (χ3n) is 4.34. The van der Waals surface area contributed by atoms with E-state index in [1.54, 1.807) is 4.90 Å². The van der Waals surface area contributed by atoms with Gasteiger partial charge in [0, 0.05) is 13.1 Å². The fraction of sp³-hybridized carbons (Fsp3) is 0.438. The second-order valence-corrected chi connectivity index (χ2v) is 5.98. The van der Waals surface area contributed by atoms with E-state index in [0.717, 1.165) is 5.56 Å². The Labute approximate surface area is 134 Å².